The second kappa shape index (κ2) is 9.04. The molecule has 0 amide bonds. The van der Waals surface area contributed by atoms with E-state index in [4.69, 9.17) is 5.73 Å². The summed E-state index contributed by atoms with van der Waals surface area (Å²) in [6, 6.07) is 8.01. The maximum absolute atomic E-state index is 13.0. The smallest absolute Gasteiger partial charge is 0.353 e. The summed E-state index contributed by atoms with van der Waals surface area (Å²) in [4.78, 5) is 30.8. The number of fused-ring (bicyclic) bond motifs is 3. The predicted octanol–water partition coefficient (Wildman–Crippen LogP) is 0.792. The second-order valence-corrected chi connectivity index (χ2v) is 9.06. The number of benzene rings is 1. The van der Waals surface area contributed by atoms with Gasteiger partial charge in [-0.1, -0.05) is 29.8 Å². The van der Waals surface area contributed by atoms with Crippen LogP contribution in [0.4, 0.5) is 11.8 Å². The van der Waals surface area contributed by atoms with Gasteiger partial charge in [0, 0.05) is 45.1 Å². The molecule has 0 bridgehead atoms. The average Bonchev–Trinajstić information content (AvgIpc) is 3.44. The summed E-state index contributed by atoms with van der Waals surface area (Å²) in [6.07, 6.45) is 6.93. The predicted molar refractivity (Wildman–Crippen MR) is 136 cm³/mol. The summed E-state index contributed by atoms with van der Waals surface area (Å²) < 4.78 is 4.62. The Hall–Kier alpha value is -4.32. The minimum Gasteiger partial charge on any atom is -0.369 e. The third-order valence-electron chi connectivity index (χ3n) is 6.63. The van der Waals surface area contributed by atoms with Crippen molar-refractivity contribution in [2.45, 2.75) is 20.0 Å². The summed E-state index contributed by atoms with van der Waals surface area (Å²) >= 11 is 0. The molecule has 0 unspecified atom stereocenters. The number of nitrogen functional groups attached to an aromatic ring is 1. The quantitative estimate of drug-likeness (QED) is 0.371. The molecule has 5 heterocycles. The highest BCUT2D eigenvalue weighted by molar-refractivity contribution is 5.89. The summed E-state index contributed by atoms with van der Waals surface area (Å²) in [5.41, 5.74) is 9.14. The molecule has 0 radical (unpaired) electrons. The lowest BCUT2D eigenvalue weighted by atomic mass is 10.1. The largest absolute Gasteiger partial charge is 0.369 e. The molecule has 6 rings (SSSR count). The van der Waals surface area contributed by atoms with Gasteiger partial charge in [0.2, 0.25) is 5.95 Å². The molecule has 36 heavy (non-hydrogen) atoms. The minimum atomic E-state index is -0.313. The fourth-order valence-electron chi connectivity index (χ4n) is 4.74. The van der Waals surface area contributed by atoms with Crippen molar-refractivity contribution < 1.29 is 0 Å². The third kappa shape index (κ3) is 4.05. The van der Waals surface area contributed by atoms with Gasteiger partial charge in [-0.2, -0.15) is 10.1 Å². The van der Waals surface area contributed by atoms with Crippen LogP contribution in [-0.4, -0.2) is 76.5 Å². The molecule has 1 aliphatic rings. The van der Waals surface area contributed by atoms with E-state index >= 15 is 0 Å². The number of piperazine rings is 1. The van der Waals surface area contributed by atoms with Gasteiger partial charge in [-0.3, -0.25) is 9.88 Å². The van der Waals surface area contributed by atoms with Crippen LogP contribution in [0, 0.1) is 6.92 Å². The van der Waals surface area contributed by atoms with Crippen LogP contribution >= 0.6 is 0 Å². The average molecular weight is 486 g/mol. The van der Waals surface area contributed by atoms with Crippen LogP contribution in [-0.2, 0) is 13.1 Å². The number of hydrogen-bond acceptors (Lipinski definition) is 9. The molecule has 1 fully saturated rings. The first kappa shape index (κ1) is 22.2. The molecule has 4 aromatic heterocycles. The van der Waals surface area contributed by atoms with Gasteiger partial charge in [0.1, 0.15) is 5.82 Å². The molecule has 12 nitrogen and oxygen atoms in total. The van der Waals surface area contributed by atoms with Crippen LogP contribution in [0.3, 0.4) is 0 Å². The molecular formula is C24H27N11O. The summed E-state index contributed by atoms with van der Waals surface area (Å²) in [7, 11) is 0. The van der Waals surface area contributed by atoms with E-state index in [-0.39, 0.29) is 11.6 Å². The van der Waals surface area contributed by atoms with E-state index < -0.39 is 0 Å². The van der Waals surface area contributed by atoms with Gasteiger partial charge in [-0.25, -0.2) is 23.5 Å². The molecule has 0 saturated carbocycles. The van der Waals surface area contributed by atoms with Gasteiger partial charge >= 0.3 is 5.69 Å². The van der Waals surface area contributed by atoms with Crippen LogP contribution < -0.4 is 16.3 Å². The van der Waals surface area contributed by atoms with E-state index in [0.717, 1.165) is 49.7 Å². The van der Waals surface area contributed by atoms with Crippen molar-refractivity contribution in [1.82, 2.24) is 43.8 Å². The number of rotatable bonds is 6. The topological polar surface area (TPSA) is 128 Å². The lowest BCUT2D eigenvalue weighted by molar-refractivity contribution is 0.245. The zero-order chi connectivity index (χ0) is 24.6. The Morgan fingerprint density at radius 2 is 1.86 bits per heavy atom. The van der Waals surface area contributed by atoms with Crippen LogP contribution in [0.2, 0.25) is 0 Å². The number of aryl methyl sites for hydroxylation is 1. The van der Waals surface area contributed by atoms with Crippen LogP contribution in [0.5, 0.6) is 0 Å². The fourth-order valence-corrected chi connectivity index (χ4v) is 4.74. The molecule has 5 aromatic rings. The van der Waals surface area contributed by atoms with Crippen molar-refractivity contribution in [2.24, 2.45) is 0 Å². The van der Waals surface area contributed by atoms with Crippen molar-refractivity contribution >= 4 is 28.4 Å². The van der Waals surface area contributed by atoms with Crippen LogP contribution in [0.25, 0.3) is 16.7 Å². The molecule has 1 saturated heterocycles. The van der Waals surface area contributed by atoms with E-state index in [1.54, 1.807) is 24.8 Å². The highest BCUT2D eigenvalue weighted by atomic mass is 16.2. The van der Waals surface area contributed by atoms with Gasteiger partial charge in [-0.15, -0.1) is 5.10 Å². The zero-order valence-corrected chi connectivity index (χ0v) is 20.0. The lowest BCUT2D eigenvalue weighted by Crippen LogP contribution is -2.47. The Kier molecular flexibility index (Phi) is 5.56. The van der Waals surface area contributed by atoms with Crippen molar-refractivity contribution in [3.63, 3.8) is 0 Å². The van der Waals surface area contributed by atoms with E-state index in [1.165, 1.54) is 9.08 Å². The van der Waals surface area contributed by atoms with Crippen molar-refractivity contribution in [1.29, 1.82) is 0 Å². The van der Waals surface area contributed by atoms with Crippen molar-refractivity contribution in [3.05, 3.63) is 70.7 Å². The van der Waals surface area contributed by atoms with E-state index in [2.05, 4.69) is 34.9 Å². The summed E-state index contributed by atoms with van der Waals surface area (Å²) in [6.45, 7) is 7.50. The number of anilines is 2. The Morgan fingerprint density at radius 3 is 2.64 bits per heavy atom. The monoisotopic (exact) mass is 485 g/mol. The first-order valence-corrected chi connectivity index (χ1v) is 12.0. The SMILES string of the molecule is Cc1cccc(Cn2nc3c4cnn(CCN5CCN(c6cnccn6)CC5)c4nc(N)n3c2=O)c1. The van der Waals surface area contributed by atoms with E-state index in [1.807, 2.05) is 35.9 Å². The molecule has 0 spiro atoms. The molecule has 184 valence electrons. The third-order valence-corrected chi connectivity index (χ3v) is 6.63. The Labute approximate surface area is 206 Å². The van der Waals surface area contributed by atoms with Gasteiger partial charge in [-0.05, 0) is 12.5 Å². The Bertz CT molecular complexity index is 1580. The number of aromatic nitrogens is 8. The highest BCUT2D eigenvalue weighted by Crippen LogP contribution is 2.19. The van der Waals surface area contributed by atoms with Crippen molar-refractivity contribution in [2.75, 3.05) is 43.4 Å². The Balaban J connectivity index is 1.20. The standard InChI is InChI=1S/C24H27N11O/c1-17-3-2-4-18(13-17)16-34-24(36)35-22(30-34)19-14-28-33(21(19)29-23(35)25)12-9-31-7-10-32(11-8-31)20-15-26-5-6-27-20/h2-6,13-15H,7-12,16H2,1H3,(H2,25,29). The molecular weight excluding hydrogens is 458 g/mol. The molecule has 1 aliphatic heterocycles. The number of nitrogens with two attached hydrogens (primary N) is 1. The maximum Gasteiger partial charge on any atom is 0.353 e. The zero-order valence-electron chi connectivity index (χ0n) is 20.0. The maximum atomic E-state index is 13.0. The molecule has 1 aromatic carbocycles. The first-order chi connectivity index (χ1) is 17.6. The van der Waals surface area contributed by atoms with Crippen molar-refractivity contribution in [3.8, 4) is 0 Å². The van der Waals surface area contributed by atoms with E-state index in [9.17, 15) is 4.79 Å². The molecule has 12 heteroatoms. The van der Waals surface area contributed by atoms with Crippen LogP contribution in [0.15, 0.2) is 53.8 Å². The lowest BCUT2D eigenvalue weighted by Gasteiger charge is -2.35. The highest BCUT2D eigenvalue weighted by Gasteiger charge is 2.20. The summed E-state index contributed by atoms with van der Waals surface area (Å²) in [5, 5.41) is 9.85. The molecule has 2 N–H and O–H groups in total. The normalized spacial score (nSPS) is 14.8. The fraction of sp³-hybridized carbons (Fsp3) is 0.333. The van der Waals surface area contributed by atoms with Gasteiger partial charge < -0.3 is 10.6 Å². The summed E-state index contributed by atoms with van der Waals surface area (Å²) in [5.74, 6) is 1.02. The molecule has 0 aliphatic carbocycles. The number of nitrogens with zero attached hydrogens (tertiary/aromatic N) is 10. The Morgan fingerprint density at radius 1 is 1.00 bits per heavy atom. The first-order valence-electron chi connectivity index (χ1n) is 12.0. The van der Waals surface area contributed by atoms with Gasteiger partial charge in [0.25, 0.3) is 0 Å². The minimum absolute atomic E-state index is 0.109. The second-order valence-electron chi connectivity index (χ2n) is 9.06. The van der Waals surface area contributed by atoms with Crippen LogP contribution in [0.1, 0.15) is 11.1 Å². The van der Waals surface area contributed by atoms with Gasteiger partial charge in [0.15, 0.2) is 11.3 Å². The molecule has 0 atom stereocenters. The van der Waals surface area contributed by atoms with Gasteiger partial charge in [0.05, 0.1) is 30.9 Å². The van der Waals surface area contributed by atoms with E-state index in [0.29, 0.717) is 29.8 Å². The number of hydrogen-bond donors (Lipinski definition) is 1.